The quantitative estimate of drug-likeness (QED) is 0.884. The number of nitrogens with two attached hydrogens (primary N) is 1. The van der Waals surface area contributed by atoms with Crippen LogP contribution < -0.4 is 5.73 Å². The second-order valence-electron chi connectivity index (χ2n) is 5.78. The van der Waals surface area contributed by atoms with E-state index in [4.69, 9.17) is 5.73 Å². The molecule has 4 heteroatoms. The van der Waals surface area contributed by atoms with Crippen LogP contribution in [0.25, 0.3) is 0 Å². The third-order valence-corrected chi connectivity index (χ3v) is 4.02. The van der Waals surface area contributed by atoms with E-state index in [1.165, 1.54) is 5.56 Å². The molecule has 0 bridgehead atoms. The zero-order chi connectivity index (χ0) is 15.4. The molecule has 0 aliphatic heterocycles. The third kappa shape index (κ3) is 3.70. The van der Waals surface area contributed by atoms with Gasteiger partial charge >= 0.3 is 0 Å². The maximum atomic E-state index is 6.32. The Hall–Kier alpha value is -1.68. The van der Waals surface area contributed by atoms with E-state index in [9.17, 15) is 0 Å². The van der Waals surface area contributed by atoms with Crippen LogP contribution in [0.5, 0.6) is 0 Å². The largest absolute Gasteiger partial charge is 0.322 e. The Labute approximate surface area is 127 Å². The van der Waals surface area contributed by atoms with Crippen molar-refractivity contribution in [2.45, 2.75) is 59.0 Å². The van der Waals surface area contributed by atoms with Gasteiger partial charge in [0.25, 0.3) is 0 Å². The summed E-state index contributed by atoms with van der Waals surface area (Å²) in [5.41, 5.74) is 10.6. The fourth-order valence-corrected chi connectivity index (χ4v) is 2.79. The summed E-state index contributed by atoms with van der Waals surface area (Å²) in [6.07, 6.45) is 6.87. The van der Waals surface area contributed by atoms with Gasteiger partial charge in [0.2, 0.25) is 0 Å². The minimum absolute atomic E-state index is 0.101. The highest BCUT2D eigenvalue weighted by atomic mass is 15.3. The molecule has 0 aliphatic carbocycles. The molecule has 2 N–H and O–H groups in total. The van der Waals surface area contributed by atoms with Gasteiger partial charge in [-0.05, 0) is 43.9 Å². The van der Waals surface area contributed by atoms with Gasteiger partial charge in [0.05, 0.1) is 23.5 Å². The van der Waals surface area contributed by atoms with Gasteiger partial charge in [0, 0.05) is 18.8 Å². The topological polar surface area (TPSA) is 56.7 Å². The third-order valence-electron chi connectivity index (χ3n) is 4.02. The lowest BCUT2D eigenvalue weighted by atomic mass is 10.0. The van der Waals surface area contributed by atoms with Crippen molar-refractivity contribution in [3.63, 3.8) is 0 Å². The average molecular weight is 286 g/mol. The van der Waals surface area contributed by atoms with Crippen LogP contribution >= 0.6 is 0 Å². The van der Waals surface area contributed by atoms with Crippen LogP contribution in [0, 0.1) is 13.8 Å². The minimum atomic E-state index is -0.101. The van der Waals surface area contributed by atoms with Crippen molar-refractivity contribution in [1.29, 1.82) is 0 Å². The first-order chi connectivity index (χ1) is 10.0. The molecule has 0 saturated carbocycles. The molecule has 1 unspecified atom stereocenters. The fraction of sp³-hybridized carbons (Fsp3) is 0.529. The molecule has 0 fully saturated rings. The van der Waals surface area contributed by atoms with Crippen LogP contribution in [0.4, 0.5) is 0 Å². The van der Waals surface area contributed by atoms with Crippen molar-refractivity contribution in [2.75, 3.05) is 0 Å². The van der Waals surface area contributed by atoms with Gasteiger partial charge in [0.1, 0.15) is 0 Å². The number of hydrogen-bond donors (Lipinski definition) is 1. The van der Waals surface area contributed by atoms with Gasteiger partial charge in [-0.3, -0.25) is 9.67 Å². The van der Waals surface area contributed by atoms with Gasteiger partial charge in [-0.1, -0.05) is 19.9 Å². The number of hydrogen-bond acceptors (Lipinski definition) is 3. The highest BCUT2D eigenvalue weighted by molar-refractivity contribution is 5.26. The Bertz CT molecular complexity index is 584. The summed E-state index contributed by atoms with van der Waals surface area (Å²) in [5, 5.41) is 4.67. The molecule has 2 aromatic heterocycles. The van der Waals surface area contributed by atoms with E-state index in [1.807, 2.05) is 13.1 Å². The first-order valence-electron chi connectivity index (χ1n) is 7.77. The van der Waals surface area contributed by atoms with Crippen molar-refractivity contribution >= 4 is 0 Å². The van der Waals surface area contributed by atoms with E-state index in [1.54, 1.807) is 0 Å². The second-order valence-corrected chi connectivity index (χ2v) is 5.78. The highest BCUT2D eigenvalue weighted by Crippen LogP contribution is 2.19. The zero-order valence-corrected chi connectivity index (χ0v) is 13.5. The van der Waals surface area contributed by atoms with Crippen molar-refractivity contribution in [1.82, 2.24) is 14.8 Å². The van der Waals surface area contributed by atoms with Gasteiger partial charge < -0.3 is 5.73 Å². The van der Waals surface area contributed by atoms with Crippen LogP contribution in [-0.4, -0.2) is 14.8 Å². The smallest absolute Gasteiger partial charge is 0.0644 e. The summed E-state index contributed by atoms with van der Waals surface area (Å²) >= 11 is 0. The Morgan fingerprint density at radius 2 is 1.95 bits per heavy atom. The van der Waals surface area contributed by atoms with Crippen LogP contribution in [0.1, 0.15) is 61.3 Å². The lowest BCUT2D eigenvalue weighted by Gasteiger charge is -2.14. The Morgan fingerprint density at radius 1 is 1.24 bits per heavy atom. The normalized spacial score (nSPS) is 12.9. The summed E-state index contributed by atoms with van der Waals surface area (Å²) in [4.78, 5) is 4.49. The molecule has 2 aromatic rings. The van der Waals surface area contributed by atoms with E-state index >= 15 is 0 Å². The van der Waals surface area contributed by atoms with Crippen molar-refractivity contribution in [3.8, 4) is 0 Å². The predicted octanol–water partition coefficient (Wildman–Crippen LogP) is 3.50. The molecule has 0 saturated heterocycles. The molecule has 0 aliphatic rings. The van der Waals surface area contributed by atoms with Gasteiger partial charge in [-0.25, -0.2) is 0 Å². The van der Waals surface area contributed by atoms with E-state index in [-0.39, 0.29) is 6.04 Å². The molecule has 114 valence electrons. The second kappa shape index (κ2) is 6.85. The fourth-order valence-electron chi connectivity index (χ4n) is 2.79. The number of rotatable bonds is 6. The zero-order valence-electron chi connectivity index (χ0n) is 13.5. The first-order valence-corrected chi connectivity index (χ1v) is 7.77. The summed E-state index contributed by atoms with van der Waals surface area (Å²) in [6.45, 7) is 8.51. The van der Waals surface area contributed by atoms with Crippen LogP contribution in [0.3, 0.4) is 0 Å². The standard InChI is InChI=1S/C17H26N4/c1-5-15(6-2)21-8-7-14(20-21)10-16(18)17-13(4)9-12(3)11-19-17/h7-9,11,15-16H,5-6,10,18H2,1-4H3. The Kier molecular flexibility index (Phi) is 5.12. The highest BCUT2D eigenvalue weighted by Gasteiger charge is 2.14. The van der Waals surface area contributed by atoms with E-state index in [2.05, 4.69) is 53.9 Å². The SMILES string of the molecule is CCC(CC)n1ccc(CC(N)c2ncc(C)cc2C)n1. The first kappa shape index (κ1) is 15.7. The van der Waals surface area contributed by atoms with E-state index < -0.39 is 0 Å². The Balaban J connectivity index is 2.11. The molecule has 0 spiro atoms. The lowest BCUT2D eigenvalue weighted by Crippen LogP contribution is -2.17. The molecule has 4 nitrogen and oxygen atoms in total. The molecule has 0 aromatic carbocycles. The van der Waals surface area contributed by atoms with Crippen molar-refractivity contribution in [3.05, 3.63) is 47.0 Å². The maximum absolute atomic E-state index is 6.32. The predicted molar refractivity (Wildman–Crippen MR) is 86.2 cm³/mol. The summed E-state index contributed by atoms with van der Waals surface area (Å²) in [5.74, 6) is 0. The van der Waals surface area contributed by atoms with Crippen LogP contribution in [-0.2, 0) is 6.42 Å². The summed E-state index contributed by atoms with van der Waals surface area (Å²) < 4.78 is 2.07. The molecular weight excluding hydrogens is 260 g/mol. The van der Waals surface area contributed by atoms with Crippen molar-refractivity contribution < 1.29 is 0 Å². The maximum Gasteiger partial charge on any atom is 0.0644 e. The van der Waals surface area contributed by atoms with Gasteiger partial charge in [0.15, 0.2) is 0 Å². The number of nitrogens with zero attached hydrogens (tertiary/aromatic N) is 3. The monoisotopic (exact) mass is 286 g/mol. The molecule has 2 heterocycles. The van der Waals surface area contributed by atoms with E-state index in [0.717, 1.165) is 36.2 Å². The summed E-state index contributed by atoms with van der Waals surface area (Å²) in [7, 11) is 0. The summed E-state index contributed by atoms with van der Waals surface area (Å²) in [6, 6.07) is 4.58. The number of aromatic nitrogens is 3. The van der Waals surface area contributed by atoms with E-state index in [0.29, 0.717) is 6.04 Å². The van der Waals surface area contributed by atoms with Gasteiger partial charge in [-0.15, -0.1) is 0 Å². The van der Waals surface area contributed by atoms with Crippen molar-refractivity contribution in [2.24, 2.45) is 5.73 Å². The van der Waals surface area contributed by atoms with Gasteiger partial charge in [-0.2, -0.15) is 5.10 Å². The average Bonchev–Trinajstić information content (AvgIpc) is 2.88. The molecule has 1 atom stereocenters. The number of pyridine rings is 1. The minimum Gasteiger partial charge on any atom is -0.322 e. The lowest BCUT2D eigenvalue weighted by molar-refractivity contribution is 0.424. The molecule has 0 amide bonds. The Morgan fingerprint density at radius 3 is 2.57 bits per heavy atom. The van der Waals surface area contributed by atoms with Crippen LogP contribution in [0.15, 0.2) is 24.5 Å². The molecule has 0 radical (unpaired) electrons. The molecular formula is C17H26N4. The van der Waals surface area contributed by atoms with Crippen LogP contribution in [0.2, 0.25) is 0 Å². The molecule has 2 rings (SSSR count). The molecule has 21 heavy (non-hydrogen) atoms. The number of aryl methyl sites for hydroxylation is 2.